The number of piperazine rings is 1. The summed E-state index contributed by atoms with van der Waals surface area (Å²) in [6, 6.07) is 13.5. The summed E-state index contributed by atoms with van der Waals surface area (Å²) in [5.74, 6) is -0.680. The number of nitrogens with zero attached hydrogens (tertiary/aromatic N) is 2. The van der Waals surface area contributed by atoms with Crippen LogP contribution in [0.4, 0.5) is 0 Å². The van der Waals surface area contributed by atoms with Crippen LogP contribution in [0, 0.1) is 5.41 Å². The summed E-state index contributed by atoms with van der Waals surface area (Å²) in [7, 11) is 0. The minimum Gasteiger partial charge on any atom is -0.351 e. The molecular weight excluding hydrogens is 499 g/mol. The third-order valence-corrected chi connectivity index (χ3v) is 7.75. The first-order valence-electron chi connectivity index (χ1n) is 12.0. The number of nitrogens with one attached hydrogen (secondary N) is 2. The Kier molecular flexibility index (Phi) is 6.25. The molecule has 0 radical (unpaired) electrons. The Morgan fingerprint density at radius 3 is 2.22 bits per heavy atom. The monoisotopic (exact) mass is 526 g/mol. The van der Waals surface area contributed by atoms with E-state index in [9.17, 15) is 14.4 Å². The van der Waals surface area contributed by atoms with Gasteiger partial charge in [-0.1, -0.05) is 68.2 Å². The molecule has 3 atom stereocenters. The van der Waals surface area contributed by atoms with Gasteiger partial charge in [0.15, 0.2) is 0 Å². The number of aromatic amines is 1. The van der Waals surface area contributed by atoms with Crippen molar-refractivity contribution in [2.45, 2.75) is 45.3 Å². The molecule has 2 N–H and O–H groups in total. The van der Waals surface area contributed by atoms with Gasteiger partial charge in [-0.3, -0.25) is 14.4 Å². The number of fused-ring (bicyclic) bond motifs is 3. The van der Waals surface area contributed by atoms with Gasteiger partial charge in [-0.25, -0.2) is 0 Å². The summed E-state index contributed by atoms with van der Waals surface area (Å²) >= 11 is 12.5. The quantitative estimate of drug-likeness (QED) is 0.514. The maximum Gasteiger partial charge on any atom is 0.268 e. The zero-order valence-corrected chi connectivity index (χ0v) is 21.9. The number of amides is 3. The fraction of sp³-hybridized carbons (Fsp3) is 0.370. The number of rotatable bonds is 4. The van der Waals surface area contributed by atoms with E-state index < -0.39 is 11.5 Å². The van der Waals surface area contributed by atoms with Crippen molar-refractivity contribution in [1.82, 2.24) is 20.1 Å². The average Bonchev–Trinajstić information content (AvgIpc) is 3.55. The maximum absolute atomic E-state index is 13.7. The molecule has 188 valence electrons. The smallest absolute Gasteiger partial charge is 0.268 e. The number of aromatic nitrogens is 1. The van der Waals surface area contributed by atoms with Crippen LogP contribution in [0.25, 0.3) is 10.9 Å². The Bertz CT molecular complexity index is 1310. The molecule has 36 heavy (non-hydrogen) atoms. The topological polar surface area (TPSA) is 85.5 Å². The van der Waals surface area contributed by atoms with Crippen LogP contribution in [-0.4, -0.2) is 63.7 Å². The number of halogens is 2. The molecule has 0 spiro atoms. The molecule has 3 heterocycles. The molecule has 3 aromatic rings. The third kappa shape index (κ3) is 4.35. The van der Waals surface area contributed by atoms with E-state index in [0.717, 1.165) is 10.9 Å². The predicted octanol–water partition coefficient (Wildman–Crippen LogP) is 4.74. The predicted molar refractivity (Wildman–Crippen MR) is 140 cm³/mol. The van der Waals surface area contributed by atoms with E-state index in [1.165, 1.54) is 0 Å². The molecule has 2 aromatic carbocycles. The molecule has 2 aliphatic rings. The fourth-order valence-corrected chi connectivity index (χ4v) is 5.81. The number of para-hydroxylation sites is 1. The van der Waals surface area contributed by atoms with Crippen LogP contribution in [0.5, 0.6) is 0 Å². The summed E-state index contributed by atoms with van der Waals surface area (Å²) < 4.78 is 0. The van der Waals surface area contributed by atoms with Crippen LogP contribution in [0.3, 0.4) is 0 Å². The molecule has 0 saturated carbocycles. The Balaban J connectivity index is 1.31. The van der Waals surface area contributed by atoms with Crippen molar-refractivity contribution >= 4 is 51.8 Å². The Morgan fingerprint density at radius 1 is 0.972 bits per heavy atom. The number of benzene rings is 2. The SMILES string of the molecule is CC(C)(C)[C@H](NC(=O)c1cc2ccccc2[nH]1)C(=O)N1C[C@@H]2C[C@H]1CN2C(=O)c1c(Cl)cccc1Cl. The van der Waals surface area contributed by atoms with Crippen molar-refractivity contribution in [2.75, 3.05) is 13.1 Å². The highest BCUT2D eigenvalue weighted by Crippen LogP contribution is 2.36. The second-order valence-electron chi connectivity index (χ2n) is 10.6. The summed E-state index contributed by atoms with van der Waals surface area (Å²) in [5, 5.41) is 4.53. The summed E-state index contributed by atoms with van der Waals surface area (Å²) in [6.45, 7) is 6.62. The van der Waals surface area contributed by atoms with Crippen LogP contribution in [0.2, 0.25) is 10.0 Å². The zero-order valence-electron chi connectivity index (χ0n) is 20.3. The molecule has 0 aliphatic carbocycles. The van der Waals surface area contributed by atoms with E-state index in [1.807, 2.05) is 49.9 Å². The van der Waals surface area contributed by atoms with Gasteiger partial charge >= 0.3 is 0 Å². The average molecular weight is 527 g/mol. The van der Waals surface area contributed by atoms with Crippen molar-refractivity contribution in [3.05, 3.63) is 69.8 Å². The second kappa shape index (κ2) is 9.12. The minimum atomic E-state index is -0.724. The highest BCUT2D eigenvalue weighted by molar-refractivity contribution is 6.39. The number of carbonyl (C=O) groups excluding carboxylic acids is 3. The first-order valence-corrected chi connectivity index (χ1v) is 12.7. The lowest BCUT2D eigenvalue weighted by Gasteiger charge is -2.39. The number of carbonyl (C=O) groups is 3. The number of H-pyrrole nitrogens is 1. The van der Waals surface area contributed by atoms with Crippen molar-refractivity contribution in [2.24, 2.45) is 5.41 Å². The molecule has 0 unspecified atom stereocenters. The van der Waals surface area contributed by atoms with E-state index in [-0.39, 0.29) is 29.8 Å². The Morgan fingerprint density at radius 2 is 1.61 bits per heavy atom. The zero-order chi connectivity index (χ0) is 25.8. The first kappa shape index (κ1) is 24.7. The first-order chi connectivity index (χ1) is 17.0. The van der Waals surface area contributed by atoms with Crippen LogP contribution in [-0.2, 0) is 4.79 Å². The minimum absolute atomic E-state index is 0.121. The maximum atomic E-state index is 13.7. The summed E-state index contributed by atoms with van der Waals surface area (Å²) in [6.07, 6.45) is 0.687. The molecule has 7 nitrogen and oxygen atoms in total. The Hall–Kier alpha value is -3.03. The van der Waals surface area contributed by atoms with Gasteiger partial charge in [0.1, 0.15) is 11.7 Å². The van der Waals surface area contributed by atoms with Gasteiger partial charge in [0.2, 0.25) is 5.91 Å². The molecule has 5 rings (SSSR count). The van der Waals surface area contributed by atoms with Gasteiger partial charge in [0.25, 0.3) is 11.8 Å². The molecule has 2 fully saturated rings. The van der Waals surface area contributed by atoms with Crippen LogP contribution < -0.4 is 5.32 Å². The summed E-state index contributed by atoms with van der Waals surface area (Å²) in [5.41, 5.74) is 1.06. The van der Waals surface area contributed by atoms with Crippen LogP contribution >= 0.6 is 23.2 Å². The van der Waals surface area contributed by atoms with Crippen LogP contribution in [0.1, 0.15) is 48.0 Å². The van der Waals surface area contributed by atoms with Gasteiger partial charge in [-0.05, 0) is 36.1 Å². The molecular formula is C27H28Cl2N4O3. The summed E-state index contributed by atoms with van der Waals surface area (Å²) in [4.78, 5) is 46.8. The molecule has 9 heteroatoms. The van der Waals surface area contributed by atoms with Crippen molar-refractivity contribution in [3.63, 3.8) is 0 Å². The van der Waals surface area contributed by atoms with E-state index in [2.05, 4.69) is 10.3 Å². The highest BCUT2D eigenvalue weighted by Gasteiger charge is 2.50. The highest BCUT2D eigenvalue weighted by atomic mass is 35.5. The van der Waals surface area contributed by atoms with Crippen molar-refractivity contribution < 1.29 is 14.4 Å². The lowest BCUT2D eigenvalue weighted by molar-refractivity contribution is -0.138. The normalized spacial score (nSPS) is 20.1. The van der Waals surface area contributed by atoms with Gasteiger partial charge < -0.3 is 20.1 Å². The largest absolute Gasteiger partial charge is 0.351 e. The number of likely N-dealkylation sites (tertiary alicyclic amines) is 2. The molecule has 2 aliphatic heterocycles. The second-order valence-corrected chi connectivity index (χ2v) is 11.4. The fourth-order valence-electron chi connectivity index (χ4n) is 5.25. The molecule has 3 amide bonds. The van der Waals surface area contributed by atoms with Gasteiger partial charge in [0, 0.05) is 24.0 Å². The molecule has 2 saturated heterocycles. The van der Waals surface area contributed by atoms with E-state index in [1.54, 1.807) is 29.2 Å². The van der Waals surface area contributed by atoms with Gasteiger partial charge in [-0.2, -0.15) is 0 Å². The van der Waals surface area contributed by atoms with Crippen molar-refractivity contribution in [1.29, 1.82) is 0 Å². The van der Waals surface area contributed by atoms with E-state index in [4.69, 9.17) is 23.2 Å². The standard InChI is InChI=1S/C27H28Cl2N4O3/c1-27(2,3)23(31-24(34)21-11-15-7-4-5-10-20(15)30-21)26(36)33-14-16-12-17(33)13-32(16)25(35)22-18(28)8-6-9-19(22)29/h4-11,16-17,23,30H,12-14H2,1-3H3,(H,31,34)/t16-,17-,23+/m0/s1. The number of hydrogen-bond acceptors (Lipinski definition) is 3. The Labute approximate surface area is 219 Å². The molecule has 2 bridgehead atoms. The van der Waals surface area contributed by atoms with E-state index in [0.29, 0.717) is 40.8 Å². The lowest BCUT2D eigenvalue weighted by atomic mass is 9.85. The van der Waals surface area contributed by atoms with Crippen molar-refractivity contribution in [3.8, 4) is 0 Å². The third-order valence-electron chi connectivity index (χ3n) is 7.12. The molecule has 1 aromatic heterocycles. The van der Waals surface area contributed by atoms with Crippen LogP contribution in [0.15, 0.2) is 48.5 Å². The van der Waals surface area contributed by atoms with Gasteiger partial charge in [-0.15, -0.1) is 0 Å². The number of hydrogen-bond donors (Lipinski definition) is 2. The lowest BCUT2D eigenvalue weighted by Crippen LogP contribution is -2.59. The van der Waals surface area contributed by atoms with Gasteiger partial charge in [0.05, 0.1) is 27.7 Å². The van der Waals surface area contributed by atoms with E-state index >= 15 is 0 Å².